The number of aliphatic hydroxyl groups is 5. The van der Waals surface area contributed by atoms with Crippen LogP contribution in [0.3, 0.4) is 0 Å². The first-order valence-electron chi connectivity index (χ1n) is 26.3. The lowest BCUT2D eigenvalue weighted by Gasteiger charge is -2.41. The smallest absolute Gasteiger partial charge is 0.394 e. The summed E-state index contributed by atoms with van der Waals surface area (Å²) < 4.78 is 47.6. The average molecular weight is 948 g/mol. The van der Waals surface area contributed by atoms with Gasteiger partial charge in [-0.3, -0.25) is 9.35 Å². The molecule has 1 aliphatic rings. The maximum atomic E-state index is 13.2. The van der Waals surface area contributed by atoms with Crippen LogP contribution in [0.1, 0.15) is 232 Å². The van der Waals surface area contributed by atoms with Crippen molar-refractivity contribution in [3.63, 3.8) is 0 Å². The van der Waals surface area contributed by atoms with Gasteiger partial charge in [-0.1, -0.05) is 224 Å². The van der Waals surface area contributed by atoms with Crippen LogP contribution in [-0.2, 0) is 28.9 Å². The molecule has 0 spiro atoms. The highest BCUT2D eigenvalue weighted by atomic mass is 32.3. The highest BCUT2D eigenvalue weighted by Crippen LogP contribution is 2.26. The molecule has 65 heavy (non-hydrogen) atoms. The summed E-state index contributed by atoms with van der Waals surface area (Å²) in [6.45, 7) is 3.23. The fraction of sp³-hybridized carbons (Fsp3) is 0.902. The molecule has 384 valence electrons. The Morgan fingerprint density at radius 1 is 0.615 bits per heavy atom. The minimum Gasteiger partial charge on any atom is -0.394 e. The minimum atomic E-state index is -5.12. The third-order valence-corrected chi connectivity index (χ3v) is 13.1. The second-order valence-corrected chi connectivity index (χ2v) is 19.7. The SMILES string of the molecule is CCCCCCCCCCCC/C=C/CC/C=C/C(O)C(COC1OC(CO)C(O)C(OS(=O)(=O)O)C1O)NC(=O)C(O)CCCCCCCCCCCCCCCCCCCCCC. The fourth-order valence-electron chi connectivity index (χ4n) is 8.42. The molecule has 8 atom stereocenters. The number of amides is 1. The molecule has 0 radical (unpaired) electrons. The molecule has 1 aliphatic heterocycles. The lowest BCUT2D eigenvalue weighted by Crippen LogP contribution is -2.61. The highest BCUT2D eigenvalue weighted by Gasteiger charge is 2.48. The van der Waals surface area contributed by atoms with Crippen LogP contribution >= 0.6 is 0 Å². The first-order chi connectivity index (χ1) is 31.4. The first-order valence-corrected chi connectivity index (χ1v) is 27.7. The summed E-state index contributed by atoms with van der Waals surface area (Å²) in [5.74, 6) is -0.708. The Morgan fingerprint density at radius 3 is 1.48 bits per heavy atom. The maximum absolute atomic E-state index is 13.2. The second kappa shape index (κ2) is 41.5. The van der Waals surface area contributed by atoms with E-state index in [1.807, 2.05) is 0 Å². The third-order valence-electron chi connectivity index (χ3n) is 12.6. The summed E-state index contributed by atoms with van der Waals surface area (Å²) in [4.78, 5) is 13.2. The van der Waals surface area contributed by atoms with Crippen molar-refractivity contribution >= 4 is 16.3 Å². The number of aliphatic hydroxyl groups excluding tert-OH is 5. The zero-order valence-corrected chi connectivity index (χ0v) is 41.7. The molecular weight excluding hydrogens is 851 g/mol. The van der Waals surface area contributed by atoms with Crippen molar-refractivity contribution < 1.29 is 57.0 Å². The van der Waals surface area contributed by atoms with Crippen LogP contribution in [0.4, 0.5) is 0 Å². The molecular formula is C51H97NO12S. The number of hydrogen-bond acceptors (Lipinski definition) is 11. The van der Waals surface area contributed by atoms with E-state index in [1.54, 1.807) is 6.08 Å². The minimum absolute atomic E-state index is 0.241. The van der Waals surface area contributed by atoms with Gasteiger partial charge in [0.15, 0.2) is 6.29 Å². The molecule has 0 saturated carbocycles. The van der Waals surface area contributed by atoms with E-state index in [0.29, 0.717) is 12.8 Å². The number of carbonyl (C=O) groups is 1. The van der Waals surface area contributed by atoms with Crippen molar-refractivity contribution in [3.05, 3.63) is 24.3 Å². The predicted octanol–water partition coefficient (Wildman–Crippen LogP) is 10.3. The van der Waals surface area contributed by atoms with E-state index >= 15 is 0 Å². The fourth-order valence-corrected chi connectivity index (χ4v) is 8.93. The van der Waals surface area contributed by atoms with E-state index in [0.717, 1.165) is 38.5 Å². The number of carbonyl (C=O) groups excluding carboxylic acids is 1. The zero-order chi connectivity index (χ0) is 47.8. The highest BCUT2D eigenvalue weighted by molar-refractivity contribution is 7.80. The first kappa shape index (κ1) is 61.6. The van der Waals surface area contributed by atoms with Gasteiger partial charge >= 0.3 is 10.4 Å². The van der Waals surface area contributed by atoms with Gasteiger partial charge in [0.1, 0.15) is 30.5 Å². The van der Waals surface area contributed by atoms with Crippen LogP contribution in [0.2, 0.25) is 0 Å². The Morgan fingerprint density at radius 2 is 1.03 bits per heavy atom. The summed E-state index contributed by atoms with van der Waals surface area (Å²) in [6.07, 6.45) is 36.9. The van der Waals surface area contributed by atoms with E-state index in [1.165, 1.54) is 167 Å². The van der Waals surface area contributed by atoms with E-state index in [2.05, 4.69) is 35.5 Å². The van der Waals surface area contributed by atoms with E-state index in [4.69, 9.17) is 9.47 Å². The van der Waals surface area contributed by atoms with Gasteiger partial charge in [-0.2, -0.15) is 8.42 Å². The summed E-state index contributed by atoms with van der Waals surface area (Å²) in [5.41, 5.74) is 0. The van der Waals surface area contributed by atoms with Crippen LogP contribution in [0.25, 0.3) is 0 Å². The second-order valence-electron chi connectivity index (χ2n) is 18.6. The molecule has 0 aliphatic carbocycles. The average Bonchev–Trinajstić information content (AvgIpc) is 3.28. The molecule has 14 heteroatoms. The molecule has 1 saturated heterocycles. The number of allylic oxidation sites excluding steroid dienone is 3. The number of rotatable bonds is 45. The lowest BCUT2D eigenvalue weighted by atomic mass is 9.99. The van der Waals surface area contributed by atoms with Crippen molar-refractivity contribution in [2.75, 3.05) is 13.2 Å². The Labute approximate surface area is 395 Å². The molecule has 0 aromatic carbocycles. The summed E-state index contributed by atoms with van der Waals surface area (Å²) >= 11 is 0. The van der Waals surface area contributed by atoms with Gasteiger partial charge in [0.25, 0.3) is 0 Å². The molecule has 0 bridgehead atoms. The molecule has 1 fully saturated rings. The van der Waals surface area contributed by atoms with Crippen LogP contribution in [0, 0.1) is 0 Å². The molecule has 1 heterocycles. The van der Waals surface area contributed by atoms with Crippen molar-refractivity contribution in [1.29, 1.82) is 0 Å². The number of unbranched alkanes of at least 4 members (excludes halogenated alkanes) is 30. The monoisotopic (exact) mass is 948 g/mol. The van der Waals surface area contributed by atoms with Crippen LogP contribution in [0.15, 0.2) is 24.3 Å². The Hall–Kier alpha value is -1.46. The van der Waals surface area contributed by atoms with Crippen molar-refractivity contribution in [2.24, 2.45) is 0 Å². The quantitative estimate of drug-likeness (QED) is 0.0173. The molecule has 13 nitrogen and oxygen atoms in total. The standard InChI is InChI=1S/C51H97NO12S/c1-3-5-7-9-11-13-15-17-19-21-22-23-24-26-28-30-32-34-36-38-40-45(55)50(58)52-43(42-62-51-48(57)49(64-65(59,60)61)47(56)46(41-53)63-51)44(54)39-37-35-33-31-29-27-25-20-18-16-14-12-10-8-6-4-2/h29,31,37,39,43-49,51,53-57H,3-28,30,32-36,38,40-42H2,1-2H3,(H,52,58)(H,59,60,61)/b31-29+,39-37+. The number of nitrogens with one attached hydrogen (secondary N) is 1. The molecule has 7 N–H and O–H groups in total. The maximum Gasteiger partial charge on any atom is 0.397 e. The van der Waals surface area contributed by atoms with Crippen molar-refractivity contribution in [2.45, 2.75) is 281 Å². The van der Waals surface area contributed by atoms with E-state index in [9.17, 15) is 43.3 Å². The van der Waals surface area contributed by atoms with Crippen LogP contribution in [0.5, 0.6) is 0 Å². The van der Waals surface area contributed by atoms with Gasteiger partial charge in [0.05, 0.1) is 25.4 Å². The number of ether oxygens (including phenoxy) is 2. The van der Waals surface area contributed by atoms with Crippen molar-refractivity contribution in [1.82, 2.24) is 5.32 Å². The number of hydrogen-bond donors (Lipinski definition) is 7. The van der Waals surface area contributed by atoms with Gasteiger partial charge in [-0.15, -0.1) is 0 Å². The van der Waals surface area contributed by atoms with E-state index < -0.39 is 78.5 Å². The molecule has 0 aromatic rings. The predicted molar refractivity (Wildman–Crippen MR) is 261 cm³/mol. The van der Waals surface area contributed by atoms with Gasteiger partial charge in [-0.25, -0.2) is 4.18 Å². The Bertz CT molecular complexity index is 1270. The molecule has 1 amide bonds. The van der Waals surface area contributed by atoms with Gasteiger partial charge < -0.3 is 40.3 Å². The lowest BCUT2D eigenvalue weighted by molar-refractivity contribution is -0.298. The zero-order valence-electron chi connectivity index (χ0n) is 40.9. The van der Waals surface area contributed by atoms with Gasteiger partial charge in [-0.05, 0) is 32.1 Å². The van der Waals surface area contributed by atoms with Gasteiger partial charge in [0, 0.05) is 0 Å². The van der Waals surface area contributed by atoms with Crippen LogP contribution < -0.4 is 5.32 Å². The van der Waals surface area contributed by atoms with Gasteiger partial charge in [0.2, 0.25) is 5.91 Å². The molecule has 0 aromatic heterocycles. The van der Waals surface area contributed by atoms with Crippen LogP contribution in [-0.4, -0.2) is 107 Å². The molecule has 8 unspecified atom stereocenters. The normalized spacial score (nSPS) is 20.8. The summed E-state index contributed by atoms with van der Waals surface area (Å²) in [7, 11) is -5.12. The topological polar surface area (TPSA) is 212 Å². The summed E-state index contributed by atoms with van der Waals surface area (Å²) in [5, 5.41) is 55.4. The Kier molecular flexibility index (Phi) is 39.3. The van der Waals surface area contributed by atoms with Crippen molar-refractivity contribution in [3.8, 4) is 0 Å². The molecule has 1 rings (SSSR count). The summed E-state index contributed by atoms with van der Waals surface area (Å²) in [6, 6.07) is -1.13. The Balaban J connectivity index is 2.50. The largest absolute Gasteiger partial charge is 0.397 e. The van der Waals surface area contributed by atoms with E-state index in [-0.39, 0.29) is 6.42 Å². The third kappa shape index (κ3) is 33.6.